The van der Waals surface area contributed by atoms with Crippen LogP contribution >= 0.6 is 15.9 Å². The number of hydrogen-bond donors (Lipinski definition) is 0. The summed E-state index contributed by atoms with van der Waals surface area (Å²) in [5, 5.41) is 0.676. The zero-order valence-corrected chi connectivity index (χ0v) is 10.8. The lowest BCUT2D eigenvalue weighted by molar-refractivity contribution is -0.137. The number of alkyl halides is 4. The molecule has 1 nitrogen and oxygen atoms in total. The number of anilines is 1. The Hall–Kier alpha value is -0.710. The molecule has 0 aliphatic heterocycles. The maximum Gasteiger partial charge on any atom is 0.418 e. The second-order valence-electron chi connectivity index (χ2n) is 4.13. The largest absolute Gasteiger partial charge is 0.418 e. The highest BCUT2D eigenvalue weighted by Gasteiger charge is 2.37. The Morgan fingerprint density at radius 2 is 1.88 bits per heavy atom. The molecule has 0 bridgehead atoms. The fourth-order valence-corrected chi connectivity index (χ4v) is 2.32. The van der Waals surface area contributed by atoms with Crippen molar-refractivity contribution in [1.29, 1.82) is 0 Å². The van der Waals surface area contributed by atoms with Crippen molar-refractivity contribution in [2.45, 2.75) is 25.1 Å². The molecule has 0 heterocycles. The van der Waals surface area contributed by atoms with Crippen molar-refractivity contribution in [3.8, 4) is 0 Å². The van der Waals surface area contributed by atoms with E-state index in [-0.39, 0.29) is 6.04 Å². The van der Waals surface area contributed by atoms with Crippen molar-refractivity contribution in [3.63, 3.8) is 0 Å². The van der Waals surface area contributed by atoms with E-state index in [2.05, 4.69) is 15.9 Å². The summed E-state index contributed by atoms with van der Waals surface area (Å²) in [6, 6.07) is 6.08. The third-order valence-electron chi connectivity index (χ3n) is 2.83. The van der Waals surface area contributed by atoms with Gasteiger partial charge < -0.3 is 4.90 Å². The molecule has 5 heteroatoms. The minimum Gasteiger partial charge on any atom is -0.367 e. The van der Waals surface area contributed by atoms with Gasteiger partial charge in [0.2, 0.25) is 0 Å². The molecule has 0 atom stereocenters. The molecule has 0 radical (unpaired) electrons. The molecule has 0 spiro atoms. The van der Waals surface area contributed by atoms with Gasteiger partial charge in [0, 0.05) is 23.6 Å². The molecule has 0 aromatic heterocycles. The first kappa shape index (κ1) is 12.7. The Bertz CT molecular complexity index is 388. The van der Waals surface area contributed by atoms with Gasteiger partial charge in [0.15, 0.2) is 0 Å². The SMILES string of the molecule is FC(F)(F)c1ccccc1N(CCBr)C1CC1. The van der Waals surface area contributed by atoms with Crippen LogP contribution in [-0.2, 0) is 6.18 Å². The number of nitrogens with zero attached hydrogens (tertiary/aromatic N) is 1. The van der Waals surface area contributed by atoms with Gasteiger partial charge in [-0.25, -0.2) is 0 Å². The first-order valence-electron chi connectivity index (χ1n) is 5.53. The maximum atomic E-state index is 12.9. The highest BCUT2D eigenvalue weighted by Crippen LogP contribution is 2.40. The quantitative estimate of drug-likeness (QED) is 0.758. The molecule has 2 rings (SSSR count). The second kappa shape index (κ2) is 4.88. The average molecular weight is 308 g/mol. The van der Waals surface area contributed by atoms with Gasteiger partial charge in [0.05, 0.1) is 5.56 Å². The molecule has 0 unspecified atom stereocenters. The van der Waals surface area contributed by atoms with E-state index in [1.165, 1.54) is 6.07 Å². The number of benzene rings is 1. The lowest BCUT2D eigenvalue weighted by Gasteiger charge is -2.27. The predicted molar refractivity (Wildman–Crippen MR) is 65.6 cm³/mol. The highest BCUT2D eigenvalue weighted by atomic mass is 79.9. The molecule has 1 aliphatic rings. The molecule has 1 aliphatic carbocycles. The van der Waals surface area contributed by atoms with Gasteiger partial charge in [-0.05, 0) is 25.0 Å². The van der Waals surface area contributed by atoms with Crippen molar-refractivity contribution in [3.05, 3.63) is 29.8 Å². The maximum absolute atomic E-state index is 12.9. The van der Waals surface area contributed by atoms with Gasteiger partial charge in [-0.15, -0.1) is 0 Å². The number of rotatable bonds is 4. The van der Waals surface area contributed by atoms with Crippen LogP contribution in [0.4, 0.5) is 18.9 Å². The molecule has 0 amide bonds. The molecule has 17 heavy (non-hydrogen) atoms. The number of para-hydroxylation sites is 1. The molecule has 94 valence electrons. The third kappa shape index (κ3) is 2.94. The van der Waals surface area contributed by atoms with Crippen LogP contribution in [0.25, 0.3) is 0 Å². The Labute approximate surface area is 107 Å². The van der Waals surface area contributed by atoms with E-state index < -0.39 is 11.7 Å². The summed E-state index contributed by atoms with van der Waals surface area (Å²) in [6.07, 6.45) is -2.31. The summed E-state index contributed by atoms with van der Waals surface area (Å²) in [4.78, 5) is 1.86. The van der Waals surface area contributed by atoms with Crippen molar-refractivity contribution in [2.75, 3.05) is 16.8 Å². The molecule has 1 saturated carbocycles. The highest BCUT2D eigenvalue weighted by molar-refractivity contribution is 9.09. The summed E-state index contributed by atoms with van der Waals surface area (Å²) in [6.45, 7) is 0.609. The van der Waals surface area contributed by atoms with Crippen molar-refractivity contribution in [2.24, 2.45) is 0 Å². The van der Waals surface area contributed by atoms with E-state index >= 15 is 0 Å². The molecular formula is C12H13BrF3N. The van der Waals surface area contributed by atoms with Crippen LogP contribution in [0.5, 0.6) is 0 Å². The van der Waals surface area contributed by atoms with E-state index in [0.29, 0.717) is 17.6 Å². The van der Waals surface area contributed by atoms with Gasteiger partial charge in [-0.3, -0.25) is 0 Å². The Morgan fingerprint density at radius 1 is 1.24 bits per heavy atom. The summed E-state index contributed by atoms with van der Waals surface area (Å²) >= 11 is 3.30. The summed E-state index contributed by atoms with van der Waals surface area (Å²) < 4.78 is 38.7. The molecular weight excluding hydrogens is 295 g/mol. The first-order chi connectivity index (χ1) is 8.04. The third-order valence-corrected chi connectivity index (χ3v) is 3.19. The number of halogens is 4. The molecule has 0 saturated heterocycles. The monoisotopic (exact) mass is 307 g/mol. The van der Waals surface area contributed by atoms with Gasteiger partial charge in [0.1, 0.15) is 0 Å². The van der Waals surface area contributed by atoms with Gasteiger partial charge in [0.25, 0.3) is 0 Å². The van der Waals surface area contributed by atoms with E-state index in [0.717, 1.165) is 18.9 Å². The molecule has 1 aromatic carbocycles. The van der Waals surface area contributed by atoms with Crippen LogP contribution in [-0.4, -0.2) is 17.9 Å². The number of hydrogen-bond acceptors (Lipinski definition) is 1. The molecule has 1 aromatic rings. The van der Waals surface area contributed by atoms with Crippen molar-refractivity contribution in [1.82, 2.24) is 0 Å². The van der Waals surface area contributed by atoms with Gasteiger partial charge in [-0.1, -0.05) is 28.1 Å². The molecule has 1 fully saturated rings. The Morgan fingerprint density at radius 3 is 2.41 bits per heavy atom. The Balaban J connectivity index is 2.35. The lowest BCUT2D eigenvalue weighted by Crippen LogP contribution is -2.29. The predicted octanol–water partition coefficient (Wildman–Crippen LogP) is 4.07. The van der Waals surface area contributed by atoms with E-state index in [1.54, 1.807) is 12.1 Å². The normalized spacial score (nSPS) is 16.0. The van der Waals surface area contributed by atoms with Crippen LogP contribution in [0.1, 0.15) is 18.4 Å². The fourth-order valence-electron chi connectivity index (χ4n) is 1.94. The van der Waals surface area contributed by atoms with Crippen LogP contribution in [0.3, 0.4) is 0 Å². The van der Waals surface area contributed by atoms with Crippen molar-refractivity contribution < 1.29 is 13.2 Å². The zero-order chi connectivity index (χ0) is 12.5. The zero-order valence-electron chi connectivity index (χ0n) is 9.17. The van der Waals surface area contributed by atoms with Gasteiger partial charge in [-0.2, -0.15) is 13.2 Å². The topological polar surface area (TPSA) is 3.24 Å². The van der Waals surface area contributed by atoms with Crippen LogP contribution < -0.4 is 4.90 Å². The minimum atomic E-state index is -4.28. The van der Waals surface area contributed by atoms with E-state index in [1.807, 2.05) is 4.90 Å². The summed E-state index contributed by atoms with van der Waals surface area (Å²) in [5.74, 6) is 0. The fraction of sp³-hybridized carbons (Fsp3) is 0.500. The standard InChI is InChI=1S/C12H13BrF3N/c13-7-8-17(9-5-6-9)11-4-2-1-3-10(11)12(14,15)16/h1-4,9H,5-8H2. The Kier molecular flexibility index (Phi) is 3.66. The first-order valence-corrected chi connectivity index (χ1v) is 6.65. The molecule has 0 N–H and O–H groups in total. The summed E-state index contributed by atoms with van der Waals surface area (Å²) in [7, 11) is 0. The summed E-state index contributed by atoms with van der Waals surface area (Å²) in [5.41, 5.74) is -0.227. The lowest BCUT2D eigenvalue weighted by atomic mass is 10.1. The van der Waals surface area contributed by atoms with Crippen LogP contribution in [0, 0.1) is 0 Å². The smallest absolute Gasteiger partial charge is 0.367 e. The van der Waals surface area contributed by atoms with E-state index in [4.69, 9.17) is 0 Å². The van der Waals surface area contributed by atoms with Crippen molar-refractivity contribution >= 4 is 21.6 Å². The average Bonchev–Trinajstić information content (AvgIpc) is 3.08. The van der Waals surface area contributed by atoms with Gasteiger partial charge >= 0.3 is 6.18 Å². The second-order valence-corrected chi connectivity index (χ2v) is 4.92. The van der Waals surface area contributed by atoms with E-state index in [9.17, 15) is 13.2 Å². The van der Waals surface area contributed by atoms with Crippen LogP contribution in [0.2, 0.25) is 0 Å². The van der Waals surface area contributed by atoms with Crippen LogP contribution in [0.15, 0.2) is 24.3 Å². The minimum absolute atomic E-state index is 0.274.